The third-order valence-electron chi connectivity index (χ3n) is 2.74. The summed E-state index contributed by atoms with van der Waals surface area (Å²) in [6.07, 6.45) is -1.67. The molecule has 0 aliphatic heterocycles. The summed E-state index contributed by atoms with van der Waals surface area (Å²) < 4.78 is 43.4. The predicted octanol–water partition coefficient (Wildman–Crippen LogP) is 3.55. The standard InChI is InChI=1S/C14H10F3NO2/c1-20-13(19)11-3-2-10(8-12(11)14(15,16)17)9-4-6-18-7-5-9/h2-8H,1H3. The van der Waals surface area contributed by atoms with E-state index in [4.69, 9.17) is 0 Å². The van der Waals surface area contributed by atoms with Crippen LogP contribution in [0.25, 0.3) is 11.1 Å². The average molecular weight is 281 g/mol. The molecular formula is C14H10F3NO2. The first-order valence-corrected chi connectivity index (χ1v) is 5.63. The molecule has 1 aromatic heterocycles. The van der Waals surface area contributed by atoms with Gasteiger partial charge in [-0.05, 0) is 35.4 Å². The number of ether oxygens (including phenoxy) is 1. The first-order valence-electron chi connectivity index (χ1n) is 5.63. The zero-order chi connectivity index (χ0) is 14.8. The Kier molecular flexibility index (Phi) is 3.74. The van der Waals surface area contributed by atoms with Gasteiger partial charge in [0.2, 0.25) is 0 Å². The number of aromatic nitrogens is 1. The fraction of sp³-hybridized carbons (Fsp3) is 0.143. The quantitative estimate of drug-likeness (QED) is 0.790. The summed E-state index contributed by atoms with van der Waals surface area (Å²) >= 11 is 0. The number of hydrogen-bond donors (Lipinski definition) is 0. The fourth-order valence-corrected chi connectivity index (χ4v) is 1.79. The van der Waals surface area contributed by atoms with Crippen LogP contribution in [-0.2, 0) is 10.9 Å². The first kappa shape index (κ1) is 14.0. The predicted molar refractivity (Wildman–Crippen MR) is 66.0 cm³/mol. The lowest BCUT2D eigenvalue weighted by atomic mass is 9.99. The number of benzene rings is 1. The van der Waals surface area contributed by atoms with E-state index in [1.807, 2.05) is 0 Å². The summed E-state index contributed by atoms with van der Waals surface area (Å²) in [5.74, 6) is -1.02. The number of esters is 1. The molecule has 0 radical (unpaired) electrons. The van der Waals surface area contributed by atoms with E-state index in [2.05, 4.69) is 9.72 Å². The molecule has 1 aromatic carbocycles. The van der Waals surface area contributed by atoms with Crippen LogP contribution in [0.5, 0.6) is 0 Å². The molecule has 0 saturated carbocycles. The molecule has 0 amide bonds. The highest BCUT2D eigenvalue weighted by Crippen LogP contribution is 2.35. The van der Waals surface area contributed by atoms with E-state index in [1.165, 1.54) is 18.5 Å². The molecule has 0 unspecified atom stereocenters. The van der Waals surface area contributed by atoms with Gasteiger partial charge in [-0.25, -0.2) is 4.79 Å². The Morgan fingerprint density at radius 2 is 1.75 bits per heavy atom. The Bertz CT molecular complexity index is 624. The number of alkyl halides is 3. The average Bonchev–Trinajstić information content (AvgIpc) is 2.46. The minimum atomic E-state index is -4.63. The molecule has 2 rings (SSSR count). The van der Waals surface area contributed by atoms with Crippen molar-refractivity contribution in [1.29, 1.82) is 0 Å². The van der Waals surface area contributed by atoms with Crippen molar-refractivity contribution in [2.24, 2.45) is 0 Å². The monoisotopic (exact) mass is 281 g/mol. The number of hydrogen-bond acceptors (Lipinski definition) is 3. The van der Waals surface area contributed by atoms with Gasteiger partial charge in [0.25, 0.3) is 0 Å². The topological polar surface area (TPSA) is 39.2 Å². The zero-order valence-electron chi connectivity index (χ0n) is 10.4. The highest BCUT2D eigenvalue weighted by atomic mass is 19.4. The number of carbonyl (C=O) groups excluding carboxylic acids is 1. The zero-order valence-corrected chi connectivity index (χ0v) is 10.4. The molecule has 20 heavy (non-hydrogen) atoms. The number of methoxy groups -OCH3 is 1. The smallest absolute Gasteiger partial charge is 0.417 e. The van der Waals surface area contributed by atoms with Gasteiger partial charge in [0.05, 0.1) is 18.2 Å². The lowest BCUT2D eigenvalue weighted by Gasteiger charge is -2.13. The minimum Gasteiger partial charge on any atom is -0.465 e. The molecule has 0 spiro atoms. The van der Waals surface area contributed by atoms with Crippen LogP contribution in [0.3, 0.4) is 0 Å². The molecular weight excluding hydrogens is 271 g/mol. The van der Waals surface area contributed by atoms with Gasteiger partial charge in [0.1, 0.15) is 0 Å². The Labute approximate surface area is 113 Å². The normalized spacial score (nSPS) is 11.2. The molecule has 6 heteroatoms. The van der Waals surface area contributed by atoms with Gasteiger partial charge in [0, 0.05) is 12.4 Å². The van der Waals surface area contributed by atoms with E-state index < -0.39 is 23.3 Å². The maximum absolute atomic E-state index is 13.0. The summed E-state index contributed by atoms with van der Waals surface area (Å²) in [4.78, 5) is 15.2. The van der Waals surface area contributed by atoms with E-state index in [0.29, 0.717) is 11.1 Å². The van der Waals surface area contributed by atoms with Crippen LogP contribution in [0.2, 0.25) is 0 Å². The van der Waals surface area contributed by atoms with E-state index >= 15 is 0 Å². The lowest BCUT2D eigenvalue weighted by Crippen LogP contribution is -2.14. The van der Waals surface area contributed by atoms with Crippen LogP contribution < -0.4 is 0 Å². The number of halogens is 3. The van der Waals surface area contributed by atoms with Gasteiger partial charge in [-0.15, -0.1) is 0 Å². The maximum atomic E-state index is 13.0. The van der Waals surface area contributed by atoms with Crippen LogP contribution in [0.4, 0.5) is 13.2 Å². The van der Waals surface area contributed by atoms with E-state index in [1.54, 1.807) is 12.1 Å². The molecule has 0 aliphatic carbocycles. The molecule has 0 fully saturated rings. The highest BCUT2D eigenvalue weighted by molar-refractivity contribution is 5.92. The SMILES string of the molecule is COC(=O)c1ccc(-c2ccncc2)cc1C(F)(F)F. The van der Waals surface area contributed by atoms with Gasteiger partial charge in [0.15, 0.2) is 0 Å². The summed E-state index contributed by atoms with van der Waals surface area (Å²) in [6.45, 7) is 0. The van der Waals surface area contributed by atoms with Crippen LogP contribution in [-0.4, -0.2) is 18.1 Å². The van der Waals surface area contributed by atoms with Gasteiger partial charge >= 0.3 is 12.1 Å². The largest absolute Gasteiger partial charge is 0.465 e. The van der Waals surface area contributed by atoms with E-state index in [9.17, 15) is 18.0 Å². The molecule has 104 valence electrons. The molecule has 0 aliphatic rings. The van der Waals surface area contributed by atoms with Crippen LogP contribution >= 0.6 is 0 Å². The van der Waals surface area contributed by atoms with Crippen molar-refractivity contribution >= 4 is 5.97 Å². The molecule has 0 N–H and O–H groups in total. The van der Waals surface area contributed by atoms with Gasteiger partial charge in [-0.3, -0.25) is 4.98 Å². The number of pyridine rings is 1. The van der Waals surface area contributed by atoms with Crippen molar-refractivity contribution in [2.45, 2.75) is 6.18 Å². The van der Waals surface area contributed by atoms with Crippen molar-refractivity contribution in [3.8, 4) is 11.1 Å². The number of nitrogens with zero attached hydrogens (tertiary/aromatic N) is 1. The summed E-state index contributed by atoms with van der Waals surface area (Å²) in [6, 6.07) is 6.67. The van der Waals surface area contributed by atoms with Crippen LogP contribution in [0, 0.1) is 0 Å². The summed E-state index contributed by atoms with van der Waals surface area (Å²) in [5, 5.41) is 0. The summed E-state index contributed by atoms with van der Waals surface area (Å²) in [5.41, 5.74) is -0.578. The fourth-order valence-electron chi connectivity index (χ4n) is 1.79. The Morgan fingerprint density at radius 3 is 2.30 bits per heavy atom. The number of carbonyl (C=O) groups is 1. The van der Waals surface area contributed by atoms with Crippen molar-refractivity contribution in [3.63, 3.8) is 0 Å². The van der Waals surface area contributed by atoms with Crippen LogP contribution in [0.15, 0.2) is 42.7 Å². The Morgan fingerprint density at radius 1 is 1.10 bits per heavy atom. The third-order valence-corrected chi connectivity index (χ3v) is 2.74. The molecule has 2 aromatic rings. The first-order chi connectivity index (χ1) is 9.43. The van der Waals surface area contributed by atoms with Gasteiger partial charge in [-0.1, -0.05) is 6.07 Å². The lowest BCUT2D eigenvalue weighted by molar-refractivity contribution is -0.138. The van der Waals surface area contributed by atoms with Gasteiger partial charge < -0.3 is 4.74 Å². The Hall–Kier alpha value is -2.37. The maximum Gasteiger partial charge on any atom is 0.417 e. The minimum absolute atomic E-state index is 0.354. The second kappa shape index (κ2) is 5.32. The molecule has 0 bridgehead atoms. The molecule has 0 saturated heterocycles. The van der Waals surface area contributed by atoms with E-state index in [-0.39, 0.29) is 0 Å². The highest BCUT2D eigenvalue weighted by Gasteiger charge is 2.35. The molecule has 1 heterocycles. The van der Waals surface area contributed by atoms with Crippen molar-refractivity contribution in [3.05, 3.63) is 53.9 Å². The number of rotatable bonds is 2. The Balaban J connectivity index is 2.58. The van der Waals surface area contributed by atoms with Gasteiger partial charge in [-0.2, -0.15) is 13.2 Å². The van der Waals surface area contributed by atoms with Crippen molar-refractivity contribution in [1.82, 2.24) is 4.98 Å². The molecule has 0 atom stereocenters. The second-order valence-corrected chi connectivity index (χ2v) is 3.99. The van der Waals surface area contributed by atoms with Crippen molar-refractivity contribution < 1.29 is 22.7 Å². The third kappa shape index (κ3) is 2.79. The summed E-state index contributed by atoms with van der Waals surface area (Å²) in [7, 11) is 1.04. The molecule has 3 nitrogen and oxygen atoms in total. The van der Waals surface area contributed by atoms with E-state index in [0.717, 1.165) is 19.2 Å². The van der Waals surface area contributed by atoms with Crippen LogP contribution in [0.1, 0.15) is 15.9 Å². The van der Waals surface area contributed by atoms with Crippen molar-refractivity contribution in [2.75, 3.05) is 7.11 Å². The second-order valence-electron chi connectivity index (χ2n) is 3.99.